The van der Waals surface area contributed by atoms with Crippen molar-refractivity contribution in [3.05, 3.63) is 82.3 Å². The first-order valence-electron chi connectivity index (χ1n) is 12.9. The van der Waals surface area contributed by atoms with Crippen molar-refractivity contribution in [1.82, 2.24) is 9.80 Å². The molecule has 7 nitrogen and oxygen atoms in total. The van der Waals surface area contributed by atoms with Crippen molar-refractivity contribution in [3.8, 4) is 17.2 Å². The second-order valence-corrected chi connectivity index (χ2v) is 10.4. The van der Waals surface area contributed by atoms with Gasteiger partial charge in [-0.2, -0.15) is 5.26 Å². The first kappa shape index (κ1) is 28.4. The van der Waals surface area contributed by atoms with Gasteiger partial charge in [0.25, 0.3) is 0 Å². The lowest BCUT2D eigenvalue weighted by Crippen LogP contribution is -2.43. The van der Waals surface area contributed by atoms with E-state index in [1.165, 1.54) is 0 Å². The Morgan fingerprint density at radius 2 is 1.77 bits per heavy atom. The zero-order valence-electron chi connectivity index (χ0n) is 22.0. The van der Waals surface area contributed by atoms with Crippen LogP contribution in [0.2, 0.25) is 10.0 Å². The predicted molar refractivity (Wildman–Crippen MR) is 157 cm³/mol. The second kappa shape index (κ2) is 13.0. The van der Waals surface area contributed by atoms with Gasteiger partial charge in [0.15, 0.2) is 0 Å². The third-order valence-electron chi connectivity index (χ3n) is 6.94. The van der Waals surface area contributed by atoms with Gasteiger partial charge < -0.3 is 10.2 Å². The van der Waals surface area contributed by atoms with Crippen LogP contribution in [0.25, 0.3) is 11.1 Å². The van der Waals surface area contributed by atoms with Crippen LogP contribution in [0.15, 0.2) is 66.7 Å². The van der Waals surface area contributed by atoms with E-state index in [1.807, 2.05) is 54.3 Å². The van der Waals surface area contributed by atoms with Crippen LogP contribution in [0.5, 0.6) is 0 Å². The van der Waals surface area contributed by atoms with Crippen LogP contribution in [0.3, 0.4) is 0 Å². The van der Waals surface area contributed by atoms with E-state index in [1.54, 1.807) is 36.1 Å². The monoisotopic (exact) mass is 563 g/mol. The molecule has 0 spiro atoms. The Morgan fingerprint density at radius 3 is 2.41 bits per heavy atom. The Morgan fingerprint density at radius 1 is 1.05 bits per heavy atom. The Labute approximate surface area is 239 Å². The SMILES string of the molecule is CCN(C(C)=O)C1CCN(CCN(C(=O)Nc2cc(Cl)cc(Cl)c2)c2ccc(-c3cccc(C#N)c3)cc2)C1. The van der Waals surface area contributed by atoms with Crippen molar-refractivity contribution < 1.29 is 9.59 Å². The number of carbonyl (C=O) groups is 2. The molecule has 0 saturated carbocycles. The van der Waals surface area contributed by atoms with Gasteiger partial charge in [-0.05, 0) is 66.9 Å². The van der Waals surface area contributed by atoms with E-state index in [2.05, 4.69) is 16.3 Å². The molecular weight excluding hydrogens is 533 g/mol. The highest BCUT2D eigenvalue weighted by Gasteiger charge is 2.29. The number of carbonyl (C=O) groups excluding carboxylic acids is 2. The van der Waals surface area contributed by atoms with Gasteiger partial charge >= 0.3 is 6.03 Å². The van der Waals surface area contributed by atoms with Crippen LogP contribution in [-0.4, -0.2) is 60.5 Å². The van der Waals surface area contributed by atoms with Crippen LogP contribution in [-0.2, 0) is 4.79 Å². The van der Waals surface area contributed by atoms with Crippen molar-refractivity contribution in [1.29, 1.82) is 5.26 Å². The fourth-order valence-corrected chi connectivity index (χ4v) is 5.54. The third-order valence-corrected chi connectivity index (χ3v) is 7.37. The topological polar surface area (TPSA) is 79.7 Å². The van der Waals surface area contributed by atoms with E-state index in [4.69, 9.17) is 23.2 Å². The molecule has 3 aromatic carbocycles. The van der Waals surface area contributed by atoms with Gasteiger partial charge in [-0.1, -0.05) is 47.5 Å². The Balaban J connectivity index is 1.53. The summed E-state index contributed by atoms with van der Waals surface area (Å²) in [6, 6.07) is 22.1. The molecule has 1 fully saturated rings. The molecule has 1 N–H and O–H groups in total. The van der Waals surface area contributed by atoms with Gasteiger partial charge in [0.1, 0.15) is 0 Å². The quantitative estimate of drug-likeness (QED) is 0.338. The van der Waals surface area contributed by atoms with Gasteiger partial charge in [0.2, 0.25) is 5.91 Å². The third kappa shape index (κ3) is 7.30. The average Bonchev–Trinajstić information content (AvgIpc) is 3.37. The summed E-state index contributed by atoms with van der Waals surface area (Å²) in [5.74, 6) is 0.0888. The molecule has 202 valence electrons. The van der Waals surface area contributed by atoms with Crippen LogP contribution >= 0.6 is 23.2 Å². The number of anilines is 2. The summed E-state index contributed by atoms with van der Waals surface area (Å²) in [6.45, 7) is 7.04. The number of urea groups is 1. The van der Waals surface area contributed by atoms with E-state index >= 15 is 0 Å². The minimum Gasteiger partial charge on any atom is -0.339 e. The minimum absolute atomic E-state index is 0.0888. The summed E-state index contributed by atoms with van der Waals surface area (Å²) < 4.78 is 0. The van der Waals surface area contributed by atoms with Crippen molar-refractivity contribution in [3.63, 3.8) is 0 Å². The Bertz CT molecular complexity index is 1350. The molecule has 1 aliphatic heterocycles. The number of nitrogens with one attached hydrogen (secondary N) is 1. The number of rotatable bonds is 8. The molecule has 0 aliphatic carbocycles. The van der Waals surface area contributed by atoms with Crippen LogP contribution in [0.1, 0.15) is 25.8 Å². The number of likely N-dealkylation sites (tertiary alicyclic amines) is 1. The van der Waals surface area contributed by atoms with Gasteiger partial charge in [0, 0.05) is 67.1 Å². The number of amides is 3. The van der Waals surface area contributed by atoms with E-state index in [9.17, 15) is 14.9 Å². The molecule has 3 amide bonds. The van der Waals surface area contributed by atoms with Gasteiger partial charge in [0.05, 0.1) is 11.6 Å². The highest BCUT2D eigenvalue weighted by Crippen LogP contribution is 2.27. The molecule has 3 aromatic rings. The van der Waals surface area contributed by atoms with Crippen molar-refractivity contribution in [2.24, 2.45) is 0 Å². The lowest BCUT2D eigenvalue weighted by atomic mass is 10.0. The maximum absolute atomic E-state index is 13.5. The Hall–Kier alpha value is -3.57. The number of halogens is 2. The zero-order chi connectivity index (χ0) is 27.9. The summed E-state index contributed by atoms with van der Waals surface area (Å²) in [5, 5.41) is 13.0. The molecule has 0 radical (unpaired) electrons. The van der Waals surface area contributed by atoms with Crippen molar-refractivity contribution in [2.45, 2.75) is 26.3 Å². The summed E-state index contributed by atoms with van der Waals surface area (Å²) in [6.07, 6.45) is 0.914. The lowest BCUT2D eigenvalue weighted by Gasteiger charge is -2.28. The minimum atomic E-state index is -0.303. The van der Waals surface area contributed by atoms with E-state index in [-0.39, 0.29) is 18.0 Å². The van der Waals surface area contributed by atoms with Crippen LogP contribution < -0.4 is 10.2 Å². The normalized spacial score (nSPS) is 15.0. The Kier molecular flexibility index (Phi) is 9.47. The number of hydrogen-bond donors (Lipinski definition) is 1. The summed E-state index contributed by atoms with van der Waals surface area (Å²) >= 11 is 12.3. The summed E-state index contributed by atoms with van der Waals surface area (Å²) in [4.78, 5) is 31.4. The standard InChI is InChI=1S/C30H31Cl2N5O2/c1-3-36(21(2)38)29-11-12-35(20-29)13-14-37(30(39)34-27-17-25(31)16-26(32)18-27)28-9-7-23(8-10-28)24-6-4-5-22(15-24)19-33/h4-10,15-18,29H,3,11-14,20H2,1-2H3,(H,34,39). The molecule has 0 aromatic heterocycles. The largest absolute Gasteiger partial charge is 0.339 e. The van der Waals surface area contributed by atoms with E-state index in [0.717, 1.165) is 36.3 Å². The summed E-state index contributed by atoms with van der Waals surface area (Å²) in [7, 11) is 0. The van der Waals surface area contributed by atoms with Crippen LogP contribution in [0.4, 0.5) is 16.2 Å². The molecule has 1 saturated heterocycles. The van der Waals surface area contributed by atoms with Crippen molar-refractivity contribution >= 4 is 46.5 Å². The number of nitrogens with zero attached hydrogens (tertiary/aromatic N) is 4. The predicted octanol–water partition coefficient (Wildman–Crippen LogP) is 6.51. The van der Waals surface area contributed by atoms with Gasteiger partial charge in [-0.15, -0.1) is 0 Å². The average molecular weight is 565 g/mol. The molecule has 1 heterocycles. The first-order chi connectivity index (χ1) is 18.8. The second-order valence-electron chi connectivity index (χ2n) is 9.53. The molecule has 0 bridgehead atoms. The fraction of sp³-hybridized carbons (Fsp3) is 0.300. The van der Waals surface area contributed by atoms with E-state index < -0.39 is 0 Å². The lowest BCUT2D eigenvalue weighted by molar-refractivity contribution is -0.130. The maximum atomic E-state index is 13.5. The van der Waals surface area contributed by atoms with E-state index in [0.29, 0.717) is 40.9 Å². The number of benzene rings is 3. The van der Waals surface area contributed by atoms with Gasteiger partial charge in [-0.3, -0.25) is 14.6 Å². The molecular formula is C30H31Cl2N5O2. The highest BCUT2D eigenvalue weighted by molar-refractivity contribution is 6.35. The molecule has 1 atom stereocenters. The molecule has 1 aliphatic rings. The number of hydrogen-bond acceptors (Lipinski definition) is 4. The zero-order valence-corrected chi connectivity index (χ0v) is 23.5. The smallest absolute Gasteiger partial charge is 0.326 e. The summed E-state index contributed by atoms with van der Waals surface area (Å²) in [5.41, 5.74) is 3.71. The van der Waals surface area contributed by atoms with Gasteiger partial charge in [-0.25, -0.2) is 4.79 Å². The number of nitriles is 1. The van der Waals surface area contributed by atoms with Crippen molar-refractivity contribution in [2.75, 3.05) is 42.9 Å². The maximum Gasteiger partial charge on any atom is 0.326 e. The fourth-order valence-electron chi connectivity index (χ4n) is 5.02. The first-order valence-corrected chi connectivity index (χ1v) is 13.7. The molecule has 9 heteroatoms. The highest BCUT2D eigenvalue weighted by atomic mass is 35.5. The van der Waals surface area contributed by atoms with Crippen LogP contribution in [0, 0.1) is 11.3 Å². The molecule has 1 unspecified atom stereocenters. The molecule has 4 rings (SSSR count). The number of likely N-dealkylation sites (N-methyl/N-ethyl adjacent to an activating group) is 1. The molecule has 39 heavy (non-hydrogen) atoms.